The van der Waals surface area contributed by atoms with Crippen LogP contribution in [0.5, 0.6) is 0 Å². The van der Waals surface area contributed by atoms with Crippen LogP contribution < -0.4 is 5.73 Å². The lowest BCUT2D eigenvalue weighted by molar-refractivity contribution is 0.0115. The molecule has 0 aliphatic carbocycles. The fourth-order valence-corrected chi connectivity index (χ4v) is 0.837. The van der Waals surface area contributed by atoms with Crippen molar-refractivity contribution in [2.75, 3.05) is 12.8 Å². The summed E-state index contributed by atoms with van der Waals surface area (Å²) < 4.78 is 5.24. The molecule has 1 aromatic heterocycles. The summed E-state index contributed by atoms with van der Waals surface area (Å²) in [6.07, 6.45) is 1.71. The maximum absolute atomic E-state index is 5.67. The molecule has 0 bridgehead atoms. The molecule has 13 heavy (non-hydrogen) atoms. The van der Waals surface area contributed by atoms with Gasteiger partial charge in [0.25, 0.3) is 0 Å². The van der Waals surface area contributed by atoms with Crippen molar-refractivity contribution >= 4 is 5.82 Å². The predicted octanol–water partition coefficient (Wildman–Crippen LogP) is 1.25. The van der Waals surface area contributed by atoms with E-state index in [0.29, 0.717) is 11.6 Å². The molecule has 0 aliphatic heterocycles. The van der Waals surface area contributed by atoms with Crippen LogP contribution in [0.15, 0.2) is 6.20 Å². The second-order valence-corrected chi connectivity index (χ2v) is 3.48. The number of aryl methyl sites for hydroxylation is 1. The van der Waals surface area contributed by atoms with E-state index in [4.69, 9.17) is 10.5 Å². The number of hydrogen-bond donors (Lipinski definition) is 1. The van der Waals surface area contributed by atoms with Gasteiger partial charge in [0.05, 0.1) is 0 Å². The molecule has 0 spiro atoms. The van der Waals surface area contributed by atoms with E-state index in [1.165, 1.54) is 0 Å². The second-order valence-electron chi connectivity index (χ2n) is 3.48. The van der Waals surface area contributed by atoms with Gasteiger partial charge in [-0.05, 0) is 20.8 Å². The Morgan fingerprint density at radius 2 is 2.08 bits per heavy atom. The Hall–Kier alpha value is -1.16. The molecule has 0 fully saturated rings. The quantitative estimate of drug-likeness (QED) is 0.745. The number of nitrogens with zero attached hydrogens (tertiary/aromatic N) is 2. The molecule has 1 heterocycles. The zero-order chi connectivity index (χ0) is 10.1. The van der Waals surface area contributed by atoms with Gasteiger partial charge >= 0.3 is 0 Å². The number of ether oxygens (including phenoxy) is 1. The molecule has 0 aliphatic rings. The van der Waals surface area contributed by atoms with Gasteiger partial charge in [0, 0.05) is 18.9 Å². The lowest BCUT2D eigenvalue weighted by Gasteiger charge is -2.21. The van der Waals surface area contributed by atoms with E-state index >= 15 is 0 Å². The van der Waals surface area contributed by atoms with Crippen molar-refractivity contribution in [2.45, 2.75) is 26.4 Å². The average Bonchev–Trinajstić information content (AvgIpc) is 2.09. The van der Waals surface area contributed by atoms with Gasteiger partial charge in [-0.3, -0.25) is 0 Å². The van der Waals surface area contributed by atoms with Crippen molar-refractivity contribution in [1.29, 1.82) is 0 Å². The molecule has 0 saturated carbocycles. The standard InChI is InChI=1S/C9H15N3O/c1-6-5-11-8(12-7(6)10)9(2,3)13-4/h5H,1-4H3,(H2,10,11,12). The van der Waals surface area contributed by atoms with Crippen molar-refractivity contribution in [3.63, 3.8) is 0 Å². The average molecular weight is 181 g/mol. The highest BCUT2D eigenvalue weighted by atomic mass is 16.5. The van der Waals surface area contributed by atoms with Crippen molar-refractivity contribution in [2.24, 2.45) is 0 Å². The molecule has 4 heteroatoms. The Bertz CT molecular complexity index is 310. The van der Waals surface area contributed by atoms with Crippen LogP contribution in [0.2, 0.25) is 0 Å². The molecule has 2 N–H and O–H groups in total. The maximum atomic E-state index is 5.67. The molecule has 0 amide bonds. The second kappa shape index (κ2) is 3.30. The number of hydrogen-bond acceptors (Lipinski definition) is 4. The Balaban J connectivity index is 3.10. The smallest absolute Gasteiger partial charge is 0.162 e. The van der Waals surface area contributed by atoms with Gasteiger partial charge in [0.1, 0.15) is 11.4 Å². The van der Waals surface area contributed by atoms with Crippen molar-refractivity contribution in [1.82, 2.24) is 9.97 Å². The largest absolute Gasteiger partial charge is 0.383 e. The van der Waals surface area contributed by atoms with Gasteiger partial charge in [-0.15, -0.1) is 0 Å². The zero-order valence-corrected chi connectivity index (χ0v) is 8.46. The van der Waals surface area contributed by atoms with Crippen LogP contribution >= 0.6 is 0 Å². The van der Waals surface area contributed by atoms with Crippen LogP contribution in [0.4, 0.5) is 5.82 Å². The normalized spacial score (nSPS) is 11.7. The van der Waals surface area contributed by atoms with E-state index in [1.54, 1.807) is 13.3 Å². The Morgan fingerprint density at radius 3 is 2.54 bits per heavy atom. The van der Waals surface area contributed by atoms with Crippen molar-refractivity contribution < 1.29 is 4.74 Å². The summed E-state index contributed by atoms with van der Waals surface area (Å²) in [5.41, 5.74) is 6.07. The number of nitrogen functional groups attached to an aromatic ring is 1. The van der Waals surface area contributed by atoms with Gasteiger partial charge < -0.3 is 10.5 Å². The molecule has 4 nitrogen and oxygen atoms in total. The van der Waals surface area contributed by atoms with E-state index in [2.05, 4.69) is 9.97 Å². The number of nitrogens with two attached hydrogens (primary N) is 1. The van der Waals surface area contributed by atoms with E-state index in [1.807, 2.05) is 20.8 Å². The highest BCUT2D eigenvalue weighted by molar-refractivity contribution is 5.36. The summed E-state index contributed by atoms with van der Waals surface area (Å²) in [7, 11) is 1.62. The zero-order valence-electron chi connectivity index (χ0n) is 8.46. The van der Waals surface area contributed by atoms with Crippen LogP contribution in [-0.4, -0.2) is 17.1 Å². The van der Waals surface area contributed by atoms with Crippen molar-refractivity contribution in [3.8, 4) is 0 Å². The summed E-state index contributed by atoms with van der Waals surface area (Å²) in [6.45, 7) is 5.67. The molecule has 0 unspecified atom stereocenters. The highest BCUT2D eigenvalue weighted by Gasteiger charge is 2.23. The molecule has 0 saturated heterocycles. The third-order valence-corrected chi connectivity index (χ3v) is 2.06. The molecular weight excluding hydrogens is 166 g/mol. The van der Waals surface area contributed by atoms with Gasteiger partial charge in [-0.1, -0.05) is 0 Å². The molecule has 0 atom stereocenters. The lowest BCUT2D eigenvalue weighted by atomic mass is 10.1. The first-order valence-electron chi connectivity index (χ1n) is 4.12. The predicted molar refractivity (Wildman–Crippen MR) is 51.2 cm³/mol. The highest BCUT2D eigenvalue weighted by Crippen LogP contribution is 2.20. The molecule has 0 aromatic carbocycles. The van der Waals surface area contributed by atoms with Crippen LogP contribution in [0.25, 0.3) is 0 Å². The van der Waals surface area contributed by atoms with Gasteiger partial charge in [0.15, 0.2) is 5.82 Å². The number of methoxy groups -OCH3 is 1. The Morgan fingerprint density at radius 1 is 1.46 bits per heavy atom. The van der Waals surface area contributed by atoms with E-state index < -0.39 is 5.60 Å². The van der Waals surface area contributed by atoms with E-state index in [0.717, 1.165) is 5.56 Å². The van der Waals surface area contributed by atoms with Gasteiger partial charge in [0.2, 0.25) is 0 Å². The molecular formula is C9H15N3O. The van der Waals surface area contributed by atoms with Gasteiger partial charge in [-0.2, -0.15) is 0 Å². The molecule has 1 aromatic rings. The number of anilines is 1. The van der Waals surface area contributed by atoms with E-state index in [-0.39, 0.29) is 0 Å². The first-order valence-corrected chi connectivity index (χ1v) is 4.12. The monoisotopic (exact) mass is 181 g/mol. The Kier molecular flexibility index (Phi) is 2.52. The van der Waals surface area contributed by atoms with Crippen LogP contribution in [0.3, 0.4) is 0 Å². The minimum absolute atomic E-state index is 0.484. The van der Waals surface area contributed by atoms with Gasteiger partial charge in [-0.25, -0.2) is 9.97 Å². The summed E-state index contributed by atoms with van der Waals surface area (Å²) in [5, 5.41) is 0. The van der Waals surface area contributed by atoms with Crippen molar-refractivity contribution in [3.05, 3.63) is 17.6 Å². The lowest BCUT2D eigenvalue weighted by Crippen LogP contribution is -2.23. The summed E-state index contributed by atoms with van der Waals surface area (Å²) in [6, 6.07) is 0. The third-order valence-electron chi connectivity index (χ3n) is 2.06. The molecule has 1 rings (SSSR count). The van der Waals surface area contributed by atoms with Crippen LogP contribution in [0.1, 0.15) is 25.2 Å². The summed E-state index contributed by atoms with van der Waals surface area (Å²) in [5.74, 6) is 1.12. The molecule has 0 radical (unpaired) electrons. The SMILES string of the molecule is COC(C)(C)c1ncc(C)c(N)n1. The fraction of sp³-hybridized carbons (Fsp3) is 0.556. The minimum atomic E-state index is -0.484. The minimum Gasteiger partial charge on any atom is -0.383 e. The van der Waals surface area contributed by atoms with Crippen LogP contribution in [0, 0.1) is 6.92 Å². The number of rotatable bonds is 2. The fourth-order valence-electron chi connectivity index (χ4n) is 0.837. The first-order chi connectivity index (χ1) is 5.97. The maximum Gasteiger partial charge on any atom is 0.162 e. The first kappa shape index (κ1) is 9.92. The summed E-state index contributed by atoms with van der Waals surface area (Å²) in [4.78, 5) is 8.32. The molecule has 72 valence electrons. The number of aromatic nitrogens is 2. The Labute approximate surface area is 78.1 Å². The topological polar surface area (TPSA) is 61.0 Å². The summed E-state index contributed by atoms with van der Waals surface area (Å²) >= 11 is 0. The third kappa shape index (κ3) is 1.95. The van der Waals surface area contributed by atoms with Crippen LogP contribution in [-0.2, 0) is 10.3 Å². The van der Waals surface area contributed by atoms with E-state index in [9.17, 15) is 0 Å².